The summed E-state index contributed by atoms with van der Waals surface area (Å²) in [6.45, 7) is 9.46. The summed E-state index contributed by atoms with van der Waals surface area (Å²) in [4.78, 5) is 11.7. The fourth-order valence-corrected chi connectivity index (χ4v) is 3.25. The lowest BCUT2D eigenvalue weighted by atomic mass is 10.0. The zero-order valence-electron chi connectivity index (χ0n) is 18.2. The molecule has 0 radical (unpaired) electrons. The molecule has 0 aromatic carbocycles. The van der Waals surface area contributed by atoms with Crippen molar-refractivity contribution in [3.05, 3.63) is 0 Å². The molecule has 156 valence electrons. The molecule has 26 heavy (non-hydrogen) atoms. The number of ether oxygens (including phenoxy) is 2. The minimum atomic E-state index is -0.0943. The van der Waals surface area contributed by atoms with Crippen LogP contribution in [0.3, 0.4) is 0 Å². The number of carbonyl (C=O) groups excluding carboxylic acids is 1. The highest BCUT2D eigenvalue weighted by Crippen LogP contribution is 2.17. The monoisotopic (exact) mass is 370 g/mol. The first-order valence-corrected chi connectivity index (χ1v) is 11.4. The van der Waals surface area contributed by atoms with Crippen LogP contribution in [-0.2, 0) is 14.3 Å². The number of hydrogen-bond acceptors (Lipinski definition) is 3. The Bertz CT molecular complexity index is 304. The second-order valence-electron chi connectivity index (χ2n) is 7.69. The fourth-order valence-electron chi connectivity index (χ4n) is 3.25. The third kappa shape index (κ3) is 15.7. The molecule has 0 saturated carbocycles. The normalized spacial score (nSPS) is 13.5. The molecule has 0 rings (SSSR count). The summed E-state index contributed by atoms with van der Waals surface area (Å²) in [7, 11) is 0. The first kappa shape index (κ1) is 25.4. The summed E-state index contributed by atoms with van der Waals surface area (Å²) in [5, 5.41) is 0. The Hall–Kier alpha value is -0.570. The lowest BCUT2D eigenvalue weighted by Gasteiger charge is -2.19. The molecular formula is C23H46O3. The number of carbonyl (C=O) groups is 1. The van der Waals surface area contributed by atoms with Gasteiger partial charge in [-0.15, -0.1) is 0 Å². The molecule has 0 aromatic heterocycles. The van der Waals surface area contributed by atoms with Crippen molar-refractivity contribution in [1.82, 2.24) is 0 Å². The second kappa shape index (κ2) is 19.2. The molecule has 1 unspecified atom stereocenters. The van der Waals surface area contributed by atoms with Crippen LogP contribution in [0.2, 0.25) is 0 Å². The SMILES string of the molecule is CCCCCCCCC(CCCCCCC)OCC[C@@H](C)C(=O)OCC. The Kier molecular flexibility index (Phi) is 18.8. The average molecular weight is 371 g/mol. The van der Waals surface area contributed by atoms with Gasteiger partial charge in [-0.25, -0.2) is 0 Å². The Morgan fingerprint density at radius 2 is 1.23 bits per heavy atom. The van der Waals surface area contributed by atoms with Crippen LogP contribution in [0.1, 0.15) is 118 Å². The number of esters is 1. The van der Waals surface area contributed by atoms with E-state index >= 15 is 0 Å². The van der Waals surface area contributed by atoms with Crippen molar-refractivity contribution in [2.75, 3.05) is 13.2 Å². The van der Waals surface area contributed by atoms with E-state index in [0.717, 1.165) is 6.42 Å². The third-order valence-corrected chi connectivity index (χ3v) is 5.10. The Morgan fingerprint density at radius 3 is 1.73 bits per heavy atom. The summed E-state index contributed by atoms with van der Waals surface area (Å²) in [5.74, 6) is -0.155. The number of unbranched alkanes of at least 4 members (excludes halogenated alkanes) is 9. The lowest BCUT2D eigenvalue weighted by molar-refractivity contribution is -0.148. The van der Waals surface area contributed by atoms with E-state index in [1.807, 2.05) is 13.8 Å². The van der Waals surface area contributed by atoms with Crippen LogP contribution in [0, 0.1) is 5.92 Å². The smallest absolute Gasteiger partial charge is 0.308 e. The van der Waals surface area contributed by atoms with E-state index in [9.17, 15) is 4.79 Å². The van der Waals surface area contributed by atoms with Crippen LogP contribution in [0.25, 0.3) is 0 Å². The van der Waals surface area contributed by atoms with Gasteiger partial charge >= 0.3 is 5.97 Å². The van der Waals surface area contributed by atoms with E-state index in [0.29, 0.717) is 19.3 Å². The molecule has 0 bridgehead atoms. The Labute approximate surface area is 163 Å². The van der Waals surface area contributed by atoms with Gasteiger partial charge in [-0.1, -0.05) is 91.4 Å². The predicted molar refractivity (Wildman–Crippen MR) is 112 cm³/mol. The van der Waals surface area contributed by atoms with Gasteiger partial charge in [-0.3, -0.25) is 4.79 Å². The quantitative estimate of drug-likeness (QED) is 0.180. The van der Waals surface area contributed by atoms with Crippen LogP contribution >= 0.6 is 0 Å². The van der Waals surface area contributed by atoms with Crippen molar-refractivity contribution in [2.45, 2.75) is 124 Å². The molecule has 0 spiro atoms. The van der Waals surface area contributed by atoms with Gasteiger partial charge in [-0.05, 0) is 26.2 Å². The summed E-state index contributed by atoms with van der Waals surface area (Å²) in [6.07, 6.45) is 18.1. The fraction of sp³-hybridized carbons (Fsp3) is 0.957. The molecule has 0 heterocycles. The van der Waals surface area contributed by atoms with Gasteiger partial charge in [-0.2, -0.15) is 0 Å². The summed E-state index contributed by atoms with van der Waals surface area (Å²) >= 11 is 0. The molecular weight excluding hydrogens is 324 g/mol. The predicted octanol–water partition coefficient (Wildman–Crippen LogP) is 7.07. The van der Waals surface area contributed by atoms with Crippen molar-refractivity contribution < 1.29 is 14.3 Å². The van der Waals surface area contributed by atoms with Crippen molar-refractivity contribution in [2.24, 2.45) is 5.92 Å². The lowest BCUT2D eigenvalue weighted by Crippen LogP contribution is -2.19. The minimum Gasteiger partial charge on any atom is -0.466 e. The molecule has 0 fully saturated rings. The average Bonchev–Trinajstić information content (AvgIpc) is 2.63. The van der Waals surface area contributed by atoms with Crippen LogP contribution < -0.4 is 0 Å². The van der Waals surface area contributed by atoms with Crippen LogP contribution in [-0.4, -0.2) is 25.3 Å². The molecule has 3 nitrogen and oxygen atoms in total. The van der Waals surface area contributed by atoms with Gasteiger partial charge in [0.2, 0.25) is 0 Å². The standard InChI is InChI=1S/C23H46O3/c1-5-8-10-12-14-16-18-22(17-15-13-11-9-6-2)26-20-19-21(4)23(24)25-7-3/h21-22H,5-20H2,1-4H3/t21-,22?/m1/s1. The Balaban J connectivity index is 4.03. The zero-order chi connectivity index (χ0) is 19.5. The molecule has 0 aromatic rings. The van der Waals surface area contributed by atoms with E-state index in [2.05, 4.69) is 13.8 Å². The molecule has 0 amide bonds. The summed E-state index contributed by atoms with van der Waals surface area (Å²) in [5.41, 5.74) is 0. The van der Waals surface area contributed by atoms with Gasteiger partial charge in [0.1, 0.15) is 0 Å². The molecule has 0 aliphatic rings. The maximum absolute atomic E-state index is 11.7. The topological polar surface area (TPSA) is 35.5 Å². The summed E-state index contributed by atoms with van der Waals surface area (Å²) < 4.78 is 11.2. The van der Waals surface area contributed by atoms with Crippen LogP contribution in [0.15, 0.2) is 0 Å². The van der Waals surface area contributed by atoms with Gasteiger partial charge < -0.3 is 9.47 Å². The highest BCUT2D eigenvalue weighted by molar-refractivity contribution is 5.71. The van der Waals surface area contributed by atoms with Crippen molar-refractivity contribution >= 4 is 5.97 Å². The van der Waals surface area contributed by atoms with Gasteiger partial charge in [0.05, 0.1) is 18.6 Å². The van der Waals surface area contributed by atoms with Crippen LogP contribution in [0.5, 0.6) is 0 Å². The van der Waals surface area contributed by atoms with Crippen LogP contribution in [0.4, 0.5) is 0 Å². The maximum Gasteiger partial charge on any atom is 0.308 e. The molecule has 0 N–H and O–H groups in total. The van der Waals surface area contributed by atoms with E-state index in [-0.39, 0.29) is 11.9 Å². The van der Waals surface area contributed by atoms with E-state index in [1.54, 1.807) is 0 Å². The van der Waals surface area contributed by atoms with E-state index in [4.69, 9.17) is 9.47 Å². The molecule has 3 heteroatoms. The zero-order valence-corrected chi connectivity index (χ0v) is 18.2. The van der Waals surface area contributed by atoms with Gasteiger partial charge in [0.25, 0.3) is 0 Å². The molecule has 0 aliphatic heterocycles. The Morgan fingerprint density at radius 1 is 0.731 bits per heavy atom. The molecule has 2 atom stereocenters. The van der Waals surface area contributed by atoms with E-state index in [1.165, 1.54) is 83.5 Å². The number of hydrogen-bond donors (Lipinski definition) is 0. The van der Waals surface area contributed by atoms with Crippen molar-refractivity contribution in [1.29, 1.82) is 0 Å². The van der Waals surface area contributed by atoms with Crippen molar-refractivity contribution in [3.8, 4) is 0 Å². The maximum atomic E-state index is 11.7. The minimum absolute atomic E-state index is 0.0609. The van der Waals surface area contributed by atoms with Crippen molar-refractivity contribution in [3.63, 3.8) is 0 Å². The summed E-state index contributed by atoms with van der Waals surface area (Å²) in [6, 6.07) is 0. The first-order chi connectivity index (χ1) is 12.7. The molecule has 0 saturated heterocycles. The highest BCUT2D eigenvalue weighted by Gasteiger charge is 2.15. The largest absolute Gasteiger partial charge is 0.466 e. The number of rotatable bonds is 19. The van der Waals surface area contributed by atoms with E-state index < -0.39 is 0 Å². The molecule has 0 aliphatic carbocycles. The highest BCUT2D eigenvalue weighted by atomic mass is 16.5. The van der Waals surface area contributed by atoms with Gasteiger partial charge in [0, 0.05) is 6.61 Å². The first-order valence-electron chi connectivity index (χ1n) is 11.4. The third-order valence-electron chi connectivity index (χ3n) is 5.10. The van der Waals surface area contributed by atoms with Gasteiger partial charge in [0.15, 0.2) is 0 Å². The second-order valence-corrected chi connectivity index (χ2v) is 7.69.